The highest BCUT2D eigenvalue weighted by atomic mass is 127. The van der Waals surface area contributed by atoms with Crippen LogP contribution in [-0.4, -0.2) is 86.7 Å². The lowest BCUT2D eigenvalue weighted by Gasteiger charge is -2.26. The number of ether oxygens (including phenoxy) is 4. The van der Waals surface area contributed by atoms with Gasteiger partial charge in [-0.05, 0) is 120 Å². The third-order valence-electron chi connectivity index (χ3n) is 8.70. The Balaban J connectivity index is 1.64. The molecule has 0 aliphatic rings. The summed E-state index contributed by atoms with van der Waals surface area (Å²) >= 11 is 1.96. The second-order valence-electron chi connectivity index (χ2n) is 14.5. The van der Waals surface area contributed by atoms with Gasteiger partial charge in [-0.25, -0.2) is 21.6 Å². The zero-order valence-electron chi connectivity index (χ0n) is 33.3. The van der Waals surface area contributed by atoms with Gasteiger partial charge in [-0.1, -0.05) is 43.3 Å². The van der Waals surface area contributed by atoms with E-state index in [1.165, 1.54) is 35.5 Å². The Morgan fingerprint density at radius 1 is 0.793 bits per heavy atom. The second kappa shape index (κ2) is 18.9. The van der Waals surface area contributed by atoms with Crippen LogP contribution >= 0.6 is 22.6 Å². The molecule has 1 heterocycles. The van der Waals surface area contributed by atoms with Gasteiger partial charge in [0, 0.05) is 23.2 Å². The predicted octanol–water partition coefficient (Wildman–Crippen LogP) is 6.34. The number of alkyl carbamates (subject to hydrolysis) is 1. The minimum Gasteiger partial charge on any atom is -0.497 e. The highest BCUT2D eigenvalue weighted by molar-refractivity contribution is 14.1. The summed E-state index contributed by atoms with van der Waals surface area (Å²) in [5, 5.41) is 15.7. The van der Waals surface area contributed by atoms with Gasteiger partial charge in [0.05, 0.1) is 44.1 Å². The Labute approximate surface area is 353 Å². The number of carbonyl (C=O) groups excluding carboxylic acids is 1. The highest BCUT2D eigenvalue weighted by Crippen LogP contribution is 2.38. The first kappa shape index (κ1) is 44.3. The van der Waals surface area contributed by atoms with Crippen LogP contribution in [0.3, 0.4) is 0 Å². The number of rotatable bonds is 17. The molecule has 58 heavy (non-hydrogen) atoms. The minimum absolute atomic E-state index is 0.0170. The Kier molecular flexibility index (Phi) is 14.4. The molecule has 0 spiro atoms. The molecular weight excluding hydrogens is 900 g/mol. The first-order valence-corrected chi connectivity index (χ1v) is 22.3. The quantitative estimate of drug-likeness (QED) is 0.102. The molecule has 310 valence electrons. The fourth-order valence-electron chi connectivity index (χ4n) is 5.87. The van der Waals surface area contributed by atoms with E-state index in [-0.39, 0.29) is 37.6 Å². The van der Waals surface area contributed by atoms with E-state index in [0.29, 0.717) is 31.9 Å². The van der Waals surface area contributed by atoms with Gasteiger partial charge in [-0.2, -0.15) is 9.10 Å². The van der Waals surface area contributed by atoms with Crippen LogP contribution in [0.4, 0.5) is 4.79 Å². The molecule has 0 aliphatic carbocycles. The average Bonchev–Trinajstić information content (AvgIpc) is 3.64. The number of sulfone groups is 1. The van der Waals surface area contributed by atoms with Crippen LogP contribution in [-0.2, 0) is 44.2 Å². The summed E-state index contributed by atoms with van der Waals surface area (Å²) in [6.45, 7) is 6.68. The number of halogens is 1. The summed E-state index contributed by atoms with van der Waals surface area (Å²) in [5.74, 6) is 0.611. The maximum absolute atomic E-state index is 15.4. The molecule has 15 nitrogen and oxygen atoms in total. The van der Waals surface area contributed by atoms with E-state index in [2.05, 4.69) is 20.7 Å². The molecule has 5 aromatic rings. The number of hydrogen-bond donors (Lipinski definition) is 1. The first-order valence-electron chi connectivity index (χ1n) is 18.1. The molecule has 0 saturated heterocycles. The first-order chi connectivity index (χ1) is 27.4. The molecular formula is C40H47IN6O9S2. The number of nitrogens with zero attached hydrogens (tertiary/aromatic N) is 5. The molecule has 0 bridgehead atoms. The second-order valence-corrected chi connectivity index (χ2v) is 19.5. The predicted molar refractivity (Wildman–Crippen MR) is 226 cm³/mol. The van der Waals surface area contributed by atoms with Gasteiger partial charge in [0.15, 0.2) is 9.84 Å². The van der Waals surface area contributed by atoms with Crippen molar-refractivity contribution in [1.82, 2.24) is 29.8 Å². The summed E-state index contributed by atoms with van der Waals surface area (Å²) in [6, 6.07) is 23.9. The Morgan fingerprint density at radius 2 is 1.29 bits per heavy atom. The van der Waals surface area contributed by atoms with Crippen molar-refractivity contribution < 1.29 is 40.6 Å². The number of benzene rings is 4. The van der Waals surface area contributed by atoms with Crippen LogP contribution in [0, 0.1) is 9.49 Å². The van der Waals surface area contributed by atoms with Gasteiger partial charge in [0.1, 0.15) is 27.7 Å². The number of amides is 1. The van der Waals surface area contributed by atoms with Crippen molar-refractivity contribution in [3.05, 3.63) is 105 Å². The van der Waals surface area contributed by atoms with Gasteiger partial charge in [-0.15, -0.1) is 10.2 Å². The molecule has 1 aromatic heterocycles. The van der Waals surface area contributed by atoms with Crippen molar-refractivity contribution in [3.63, 3.8) is 0 Å². The third-order valence-corrected chi connectivity index (χ3v) is 13.6. The minimum atomic E-state index is -4.72. The van der Waals surface area contributed by atoms with Crippen LogP contribution < -0.4 is 19.5 Å². The number of hydrogen-bond acceptors (Lipinski definition) is 12. The van der Waals surface area contributed by atoms with Gasteiger partial charge in [0.25, 0.3) is 0 Å². The maximum atomic E-state index is 15.4. The summed E-state index contributed by atoms with van der Waals surface area (Å²) < 4.78 is 82.8. The largest absolute Gasteiger partial charge is 0.497 e. The molecule has 0 unspecified atom stereocenters. The highest BCUT2D eigenvalue weighted by Gasteiger charge is 2.38. The van der Waals surface area contributed by atoms with E-state index in [1.807, 2.05) is 34.7 Å². The maximum Gasteiger partial charge on any atom is 0.407 e. The zero-order valence-corrected chi connectivity index (χ0v) is 37.1. The van der Waals surface area contributed by atoms with Gasteiger partial charge >= 0.3 is 6.09 Å². The summed E-state index contributed by atoms with van der Waals surface area (Å²) in [6.07, 6.45) is -0.701. The number of sulfonamides is 1. The van der Waals surface area contributed by atoms with Crippen molar-refractivity contribution >= 4 is 48.5 Å². The van der Waals surface area contributed by atoms with Crippen LogP contribution in [0.1, 0.15) is 44.4 Å². The topological polar surface area (TPSA) is 181 Å². The van der Waals surface area contributed by atoms with Gasteiger partial charge in [0.2, 0.25) is 15.8 Å². The van der Waals surface area contributed by atoms with Crippen molar-refractivity contribution in [2.24, 2.45) is 5.92 Å². The molecule has 4 aromatic carbocycles. The van der Waals surface area contributed by atoms with Crippen LogP contribution in [0.25, 0.3) is 11.4 Å². The Hall–Kier alpha value is -4.79. The number of nitrogens with one attached hydrogen (secondary N) is 1. The van der Waals surface area contributed by atoms with Crippen molar-refractivity contribution in [3.8, 4) is 28.6 Å². The van der Waals surface area contributed by atoms with E-state index in [1.54, 1.807) is 95.5 Å². The van der Waals surface area contributed by atoms with Crippen molar-refractivity contribution in [2.75, 3.05) is 33.6 Å². The third kappa shape index (κ3) is 11.4. The standard InChI is InChI=1S/C40H47IN6O9S2/c1-27(22-42-39(48)56-40(2,3)4)26-57(49,50)35-21-20-34(41)36(38-43-45-47(44-38)25-30-12-18-33(55-7)19-13-30)37(35)58(51,52)46(23-28-8-14-31(53-5)15-9-28)24-29-10-16-32(54-6)17-11-29/h8-21,27H,22-26H2,1-7H3,(H,42,48)/t27-/m1/s1. The molecule has 1 amide bonds. The van der Waals surface area contributed by atoms with Crippen LogP contribution in [0.2, 0.25) is 0 Å². The molecule has 1 atom stereocenters. The van der Waals surface area contributed by atoms with Crippen molar-refractivity contribution in [2.45, 2.75) is 62.7 Å². The summed E-state index contributed by atoms with van der Waals surface area (Å²) in [7, 11) is -4.46. The fraction of sp³-hybridized carbons (Fsp3) is 0.350. The van der Waals surface area contributed by atoms with E-state index in [4.69, 9.17) is 18.9 Å². The van der Waals surface area contributed by atoms with E-state index in [0.717, 1.165) is 5.56 Å². The van der Waals surface area contributed by atoms with E-state index < -0.39 is 53.0 Å². The molecule has 0 radical (unpaired) electrons. The molecule has 0 saturated carbocycles. The molecule has 0 fully saturated rings. The Bertz CT molecular complexity index is 2350. The lowest BCUT2D eigenvalue weighted by Crippen LogP contribution is -2.36. The van der Waals surface area contributed by atoms with E-state index >= 15 is 8.42 Å². The van der Waals surface area contributed by atoms with E-state index in [9.17, 15) is 13.2 Å². The summed E-state index contributed by atoms with van der Waals surface area (Å²) in [4.78, 5) is 12.8. The lowest BCUT2D eigenvalue weighted by molar-refractivity contribution is 0.0521. The Morgan fingerprint density at radius 3 is 1.78 bits per heavy atom. The zero-order chi connectivity index (χ0) is 42.3. The van der Waals surface area contributed by atoms with Gasteiger partial charge in [-0.3, -0.25) is 0 Å². The smallest absolute Gasteiger partial charge is 0.407 e. The number of tetrazole rings is 1. The monoisotopic (exact) mass is 946 g/mol. The average molecular weight is 947 g/mol. The normalized spacial score (nSPS) is 12.6. The van der Waals surface area contributed by atoms with Crippen LogP contribution in [0.15, 0.2) is 94.7 Å². The van der Waals surface area contributed by atoms with Gasteiger partial charge < -0.3 is 24.3 Å². The molecule has 0 aliphatic heterocycles. The number of methoxy groups -OCH3 is 3. The molecule has 18 heteroatoms. The lowest BCUT2D eigenvalue weighted by atomic mass is 10.2. The SMILES string of the molecule is COc1ccc(CN(Cc2ccc(OC)cc2)S(=O)(=O)c2c(S(=O)(=O)C[C@H](C)CNC(=O)OC(C)(C)C)ccc(I)c2-c2nnn(Cc3ccc(OC)cc3)n2)cc1. The molecule has 1 N–H and O–H groups in total. The van der Waals surface area contributed by atoms with Crippen molar-refractivity contribution in [1.29, 1.82) is 0 Å². The number of carbonyl (C=O) groups is 1. The molecule has 5 rings (SSSR count). The fourth-order valence-corrected chi connectivity index (χ4v) is 10.8. The van der Waals surface area contributed by atoms with Crippen LogP contribution in [0.5, 0.6) is 17.2 Å². The summed E-state index contributed by atoms with van der Waals surface area (Å²) in [5.41, 5.74) is 1.30. The number of aromatic nitrogens is 4.